The number of halogens is 1. The van der Waals surface area contributed by atoms with Crippen LogP contribution in [0.1, 0.15) is 38.7 Å². The third-order valence-electron chi connectivity index (χ3n) is 3.97. The zero-order valence-electron chi connectivity index (χ0n) is 10.8. The van der Waals surface area contributed by atoms with Crippen LogP contribution in [0.15, 0.2) is 24.3 Å². The Hall–Kier alpha value is -0.530. The monoisotopic (exact) mass is 251 g/mol. The maximum atomic E-state index is 5.87. The summed E-state index contributed by atoms with van der Waals surface area (Å²) in [7, 11) is 0. The van der Waals surface area contributed by atoms with Gasteiger partial charge in [-0.25, -0.2) is 0 Å². The Morgan fingerprint density at radius 1 is 1.29 bits per heavy atom. The Morgan fingerprint density at radius 2 is 2.00 bits per heavy atom. The molecule has 2 rings (SSSR count). The van der Waals surface area contributed by atoms with Crippen molar-refractivity contribution in [2.24, 2.45) is 5.41 Å². The number of hydrogen-bond acceptors (Lipinski definition) is 1. The summed E-state index contributed by atoms with van der Waals surface area (Å²) in [6.45, 7) is 5.82. The predicted molar refractivity (Wildman–Crippen MR) is 74.6 cm³/mol. The number of benzene rings is 1. The van der Waals surface area contributed by atoms with Gasteiger partial charge in [0.1, 0.15) is 0 Å². The first-order valence-electron chi connectivity index (χ1n) is 6.56. The zero-order chi connectivity index (χ0) is 12.3. The summed E-state index contributed by atoms with van der Waals surface area (Å²) in [6, 6.07) is 8.86. The van der Waals surface area contributed by atoms with E-state index in [1.54, 1.807) is 0 Å². The molecule has 0 amide bonds. The number of hydrogen-bond donors (Lipinski definition) is 1. The fraction of sp³-hybridized carbons (Fsp3) is 0.600. The lowest BCUT2D eigenvalue weighted by Crippen LogP contribution is -2.38. The van der Waals surface area contributed by atoms with Crippen LogP contribution in [0.5, 0.6) is 0 Å². The van der Waals surface area contributed by atoms with Crippen LogP contribution in [0.3, 0.4) is 0 Å². The lowest BCUT2D eigenvalue weighted by atomic mass is 9.87. The molecule has 0 aromatic heterocycles. The molecule has 0 radical (unpaired) electrons. The van der Waals surface area contributed by atoms with Crippen molar-refractivity contribution in [1.82, 2.24) is 5.32 Å². The topological polar surface area (TPSA) is 12.0 Å². The molecule has 17 heavy (non-hydrogen) atoms. The molecule has 94 valence electrons. The van der Waals surface area contributed by atoms with E-state index in [-0.39, 0.29) is 0 Å². The second-order valence-electron chi connectivity index (χ2n) is 5.76. The van der Waals surface area contributed by atoms with Crippen molar-refractivity contribution in [3.63, 3.8) is 0 Å². The highest BCUT2D eigenvalue weighted by molar-refractivity contribution is 6.30. The normalized spacial score (nSPS) is 22.9. The summed E-state index contributed by atoms with van der Waals surface area (Å²) in [6.07, 6.45) is 5.13. The average Bonchev–Trinajstić information content (AvgIpc) is 2.61. The highest BCUT2D eigenvalue weighted by atomic mass is 35.5. The molecule has 1 aromatic carbocycles. The first-order valence-corrected chi connectivity index (χ1v) is 6.93. The molecule has 1 fully saturated rings. The van der Waals surface area contributed by atoms with E-state index in [9.17, 15) is 0 Å². The first kappa shape index (κ1) is 12.9. The van der Waals surface area contributed by atoms with E-state index in [0.29, 0.717) is 11.5 Å². The summed E-state index contributed by atoms with van der Waals surface area (Å²) in [5.41, 5.74) is 1.83. The Balaban J connectivity index is 1.78. The van der Waals surface area contributed by atoms with Crippen LogP contribution in [-0.2, 0) is 6.42 Å². The third kappa shape index (κ3) is 3.46. The van der Waals surface area contributed by atoms with Gasteiger partial charge in [-0.15, -0.1) is 0 Å². The third-order valence-corrected chi connectivity index (χ3v) is 4.23. The lowest BCUT2D eigenvalue weighted by Gasteiger charge is -2.28. The number of nitrogens with one attached hydrogen (secondary N) is 1. The van der Waals surface area contributed by atoms with E-state index in [0.717, 1.165) is 18.0 Å². The summed E-state index contributed by atoms with van der Waals surface area (Å²) >= 11 is 5.87. The number of rotatable bonds is 4. The molecule has 1 atom stereocenters. The van der Waals surface area contributed by atoms with Crippen LogP contribution in [0.4, 0.5) is 0 Å². The highest BCUT2D eigenvalue weighted by Crippen LogP contribution is 2.37. The maximum absolute atomic E-state index is 5.87. The van der Waals surface area contributed by atoms with E-state index in [4.69, 9.17) is 11.6 Å². The van der Waals surface area contributed by atoms with Crippen molar-refractivity contribution < 1.29 is 0 Å². The van der Waals surface area contributed by atoms with E-state index in [2.05, 4.69) is 31.3 Å². The van der Waals surface area contributed by atoms with E-state index in [1.165, 1.54) is 24.8 Å². The molecule has 1 aromatic rings. The molecule has 0 heterocycles. The molecule has 1 aliphatic rings. The predicted octanol–water partition coefficient (Wildman–Crippen LogP) is 4.05. The van der Waals surface area contributed by atoms with E-state index < -0.39 is 0 Å². The van der Waals surface area contributed by atoms with Gasteiger partial charge in [-0.1, -0.05) is 44.0 Å². The Labute approximate surface area is 110 Å². The second kappa shape index (κ2) is 5.41. The van der Waals surface area contributed by atoms with E-state index >= 15 is 0 Å². The van der Waals surface area contributed by atoms with Gasteiger partial charge in [-0.2, -0.15) is 0 Å². The van der Waals surface area contributed by atoms with Crippen molar-refractivity contribution in [2.45, 2.75) is 45.6 Å². The van der Waals surface area contributed by atoms with Crippen LogP contribution >= 0.6 is 11.6 Å². The summed E-state index contributed by atoms with van der Waals surface area (Å²) < 4.78 is 0. The molecule has 1 aliphatic carbocycles. The molecule has 0 bridgehead atoms. The smallest absolute Gasteiger partial charge is 0.0406 e. The van der Waals surface area contributed by atoms with Crippen molar-refractivity contribution in [1.29, 1.82) is 0 Å². The van der Waals surface area contributed by atoms with Crippen LogP contribution < -0.4 is 5.32 Å². The minimum atomic E-state index is 0.472. The summed E-state index contributed by atoms with van der Waals surface area (Å²) in [4.78, 5) is 0. The van der Waals surface area contributed by atoms with Gasteiger partial charge in [-0.05, 0) is 48.9 Å². The first-order chi connectivity index (χ1) is 8.08. The molecular formula is C15H22ClN. The quantitative estimate of drug-likeness (QED) is 0.851. The Bertz CT molecular complexity index is 356. The molecular weight excluding hydrogens is 230 g/mol. The van der Waals surface area contributed by atoms with Gasteiger partial charge >= 0.3 is 0 Å². The molecule has 1 saturated carbocycles. The van der Waals surface area contributed by atoms with Crippen molar-refractivity contribution in [3.8, 4) is 0 Å². The highest BCUT2D eigenvalue weighted by Gasteiger charge is 2.33. The zero-order valence-corrected chi connectivity index (χ0v) is 11.6. The van der Waals surface area contributed by atoms with Crippen LogP contribution in [0.25, 0.3) is 0 Å². The van der Waals surface area contributed by atoms with Gasteiger partial charge in [0.15, 0.2) is 0 Å². The summed E-state index contributed by atoms with van der Waals surface area (Å²) in [5, 5.41) is 4.52. The van der Waals surface area contributed by atoms with Gasteiger partial charge in [0, 0.05) is 11.1 Å². The molecule has 1 unspecified atom stereocenters. The molecule has 2 heteroatoms. The molecule has 1 nitrogen and oxygen atoms in total. The summed E-state index contributed by atoms with van der Waals surface area (Å²) in [5.74, 6) is 0. The minimum absolute atomic E-state index is 0.472. The Kier molecular flexibility index (Phi) is 4.11. The average molecular weight is 252 g/mol. The van der Waals surface area contributed by atoms with Crippen molar-refractivity contribution >= 4 is 11.6 Å². The van der Waals surface area contributed by atoms with Crippen LogP contribution in [0.2, 0.25) is 5.02 Å². The largest absolute Gasteiger partial charge is 0.313 e. The SMILES string of the molecule is CC1(C)CCCC1NCCc1ccc(Cl)cc1. The fourth-order valence-corrected chi connectivity index (χ4v) is 2.87. The van der Waals surface area contributed by atoms with E-state index in [1.807, 2.05) is 12.1 Å². The molecule has 0 saturated heterocycles. The van der Waals surface area contributed by atoms with Crippen LogP contribution in [-0.4, -0.2) is 12.6 Å². The van der Waals surface area contributed by atoms with Gasteiger partial charge in [0.05, 0.1) is 0 Å². The minimum Gasteiger partial charge on any atom is -0.313 e. The molecule has 0 spiro atoms. The van der Waals surface area contributed by atoms with Gasteiger partial charge < -0.3 is 5.32 Å². The Morgan fingerprint density at radius 3 is 2.59 bits per heavy atom. The molecule has 1 N–H and O–H groups in total. The fourth-order valence-electron chi connectivity index (χ4n) is 2.75. The maximum Gasteiger partial charge on any atom is 0.0406 e. The van der Waals surface area contributed by atoms with Crippen molar-refractivity contribution in [2.75, 3.05) is 6.54 Å². The van der Waals surface area contributed by atoms with Gasteiger partial charge in [-0.3, -0.25) is 0 Å². The van der Waals surface area contributed by atoms with Gasteiger partial charge in [0.2, 0.25) is 0 Å². The second-order valence-corrected chi connectivity index (χ2v) is 6.20. The van der Waals surface area contributed by atoms with Crippen LogP contribution in [0, 0.1) is 5.41 Å². The molecule has 0 aliphatic heterocycles. The van der Waals surface area contributed by atoms with Gasteiger partial charge in [0.25, 0.3) is 0 Å². The van der Waals surface area contributed by atoms with Crippen molar-refractivity contribution in [3.05, 3.63) is 34.9 Å². The lowest BCUT2D eigenvalue weighted by molar-refractivity contribution is 0.285. The standard InChI is InChI=1S/C15H22ClN/c1-15(2)10-3-4-14(15)17-11-9-12-5-7-13(16)8-6-12/h5-8,14,17H,3-4,9-11H2,1-2H3.